The summed E-state index contributed by atoms with van der Waals surface area (Å²) < 4.78 is 0. The summed E-state index contributed by atoms with van der Waals surface area (Å²) in [5.41, 5.74) is 0.00493. The van der Waals surface area contributed by atoms with Gasteiger partial charge in [0.05, 0.1) is 11.0 Å². The molecular formula is C15H17NO3S. The zero-order chi connectivity index (χ0) is 13.9. The summed E-state index contributed by atoms with van der Waals surface area (Å²) in [5.74, 6) is 1.06. The van der Waals surface area contributed by atoms with Gasteiger partial charge >= 0.3 is 5.97 Å². The van der Waals surface area contributed by atoms with Crippen LogP contribution in [0.2, 0.25) is 0 Å². The second kappa shape index (κ2) is 4.07. The van der Waals surface area contributed by atoms with E-state index in [1.54, 1.807) is 11.4 Å². The van der Waals surface area contributed by atoms with Crippen molar-refractivity contribution in [2.24, 2.45) is 23.2 Å². The van der Waals surface area contributed by atoms with Gasteiger partial charge in [-0.1, -0.05) is 0 Å². The summed E-state index contributed by atoms with van der Waals surface area (Å²) >= 11 is 1.30. The van der Waals surface area contributed by atoms with Crippen molar-refractivity contribution in [3.8, 4) is 0 Å². The first-order valence-corrected chi connectivity index (χ1v) is 8.09. The van der Waals surface area contributed by atoms with Gasteiger partial charge in [-0.25, -0.2) is 4.79 Å². The fraction of sp³-hybridized carbons (Fsp3) is 0.600. The number of carbonyl (C=O) groups excluding carboxylic acids is 1. The van der Waals surface area contributed by atoms with Crippen LogP contribution in [0.25, 0.3) is 0 Å². The smallest absolute Gasteiger partial charge is 0.338 e. The summed E-state index contributed by atoms with van der Waals surface area (Å²) in [6.45, 7) is 0. The molecule has 1 aromatic rings. The molecule has 0 aliphatic heterocycles. The molecule has 4 aliphatic carbocycles. The fourth-order valence-corrected chi connectivity index (χ4v) is 5.74. The lowest BCUT2D eigenvalue weighted by molar-refractivity contribution is -0.127. The summed E-state index contributed by atoms with van der Waals surface area (Å²) in [6, 6.07) is 1.55. The van der Waals surface area contributed by atoms with Crippen molar-refractivity contribution in [3.05, 3.63) is 17.0 Å². The van der Waals surface area contributed by atoms with E-state index in [2.05, 4.69) is 5.32 Å². The molecular weight excluding hydrogens is 274 g/mol. The average molecular weight is 291 g/mol. The number of thiophene rings is 1. The van der Waals surface area contributed by atoms with Crippen molar-refractivity contribution in [1.82, 2.24) is 0 Å². The van der Waals surface area contributed by atoms with Gasteiger partial charge in [0.15, 0.2) is 0 Å². The molecule has 1 heterocycles. The predicted octanol–water partition coefficient (Wildman–Crippen LogP) is 3.21. The number of rotatable bonds is 3. The van der Waals surface area contributed by atoms with Crippen molar-refractivity contribution < 1.29 is 14.7 Å². The summed E-state index contributed by atoms with van der Waals surface area (Å²) in [4.78, 5) is 23.9. The third-order valence-corrected chi connectivity index (χ3v) is 6.39. The zero-order valence-corrected chi connectivity index (χ0v) is 11.9. The van der Waals surface area contributed by atoms with Crippen LogP contribution in [0.4, 0.5) is 5.00 Å². The minimum absolute atomic E-state index is 0.0668. The molecule has 5 rings (SSSR count). The van der Waals surface area contributed by atoms with Crippen LogP contribution in [0.5, 0.6) is 0 Å². The van der Waals surface area contributed by atoms with Crippen LogP contribution in [-0.2, 0) is 4.79 Å². The minimum atomic E-state index is -0.976. The summed E-state index contributed by atoms with van der Waals surface area (Å²) in [5, 5.41) is 14.2. The van der Waals surface area contributed by atoms with Crippen molar-refractivity contribution in [3.63, 3.8) is 0 Å². The van der Waals surface area contributed by atoms with Crippen LogP contribution in [0.15, 0.2) is 11.4 Å². The molecule has 4 fully saturated rings. The van der Waals surface area contributed by atoms with Crippen molar-refractivity contribution >= 4 is 28.2 Å². The molecule has 0 saturated heterocycles. The third-order valence-electron chi connectivity index (χ3n) is 5.56. The van der Waals surface area contributed by atoms with Crippen LogP contribution in [0.3, 0.4) is 0 Å². The monoisotopic (exact) mass is 291 g/mol. The second-order valence-electron chi connectivity index (χ2n) is 6.62. The molecule has 0 spiro atoms. The van der Waals surface area contributed by atoms with Crippen molar-refractivity contribution in [1.29, 1.82) is 0 Å². The molecule has 2 atom stereocenters. The highest BCUT2D eigenvalue weighted by Crippen LogP contribution is 2.65. The van der Waals surface area contributed by atoms with Gasteiger partial charge in [-0.05, 0) is 61.3 Å². The molecule has 20 heavy (non-hydrogen) atoms. The number of anilines is 1. The molecule has 5 heteroatoms. The quantitative estimate of drug-likeness (QED) is 0.898. The number of nitrogens with one attached hydrogen (secondary N) is 1. The topological polar surface area (TPSA) is 66.4 Å². The number of carbonyl (C=O) groups is 2. The third kappa shape index (κ3) is 1.59. The van der Waals surface area contributed by atoms with Gasteiger partial charge in [-0.3, -0.25) is 4.79 Å². The largest absolute Gasteiger partial charge is 0.478 e. The number of aromatic carboxylic acids is 1. The van der Waals surface area contributed by atoms with Crippen LogP contribution < -0.4 is 5.32 Å². The lowest BCUT2D eigenvalue weighted by atomic mass is 9.75. The minimum Gasteiger partial charge on any atom is -0.478 e. The Balaban J connectivity index is 1.59. The Kier molecular flexibility index (Phi) is 2.52. The molecule has 2 N–H and O–H groups in total. The molecule has 0 aromatic carbocycles. The lowest BCUT2D eigenvalue weighted by Gasteiger charge is -2.31. The maximum Gasteiger partial charge on any atom is 0.338 e. The molecule has 1 aromatic heterocycles. The highest BCUT2D eigenvalue weighted by atomic mass is 32.1. The zero-order valence-electron chi connectivity index (χ0n) is 11.1. The van der Waals surface area contributed by atoms with Gasteiger partial charge in [0.25, 0.3) is 0 Å². The number of hydrogen-bond acceptors (Lipinski definition) is 3. The first-order valence-electron chi connectivity index (χ1n) is 7.21. The number of hydrogen-bond donors (Lipinski definition) is 2. The number of carboxylic acid groups (broad SMARTS) is 1. The average Bonchev–Trinajstić information content (AvgIpc) is 3.00. The Morgan fingerprint density at radius 3 is 2.60 bits per heavy atom. The predicted molar refractivity (Wildman–Crippen MR) is 75.9 cm³/mol. The highest BCUT2D eigenvalue weighted by molar-refractivity contribution is 7.14. The Morgan fingerprint density at radius 1 is 1.25 bits per heavy atom. The first-order chi connectivity index (χ1) is 9.58. The molecule has 106 valence electrons. The van der Waals surface area contributed by atoms with Gasteiger partial charge in [0, 0.05) is 0 Å². The summed E-state index contributed by atoms with van der Waals surface area (Å²) in [6.07, 6.45) is 5.70. The molecule has 0 radical (unpaired) electrons. The highest BCUT2D eigenvalue weighted by Gasteiger charge is 2.61. The molecule has 4 nitrogen and oxygen atoms in total. The SMILES string of the molecule is O=C(O)c1ccsc1NC(=O)C12CC3CC(CC1C3)C2. The van der Waals surface area contributed by atoms with E-state index in [0.29, 0.717) is 10.9 Å². The summed E-state index contributed by atoms with van der Waals surface area (Å²) in [7, 11) is 0. The molecule has 2 unspecified atom stereocenters. The maximum atomic E-state index is 12.8. The normalized spacial score (nSPS) is 37.3. The van der Waals surface area contributed by atoms with E-state index >= 15 is 0 Å². The lowest BCUT2D eigenvalue weighted by Crippen LogP contribution is -2.37. The van der Waals surface area contributed by atoms with E-state index in [4.69, 9.17) is 5.11 Å². The molecule has 4 bridgehead atoms. The van der Waals surface area contributed by atoms with Gasteiger partial charge < -0.3 is 10.4 Å². The van der Waals surface area contributed by atoms with E-state index in [9.17, 15) is 9.59 Å². The Morgan fingerprint density at radius 2 is 1.95 bits per heavy atom. The number of amides is 1. The Bertz CT molecular complexity index is 580. The van der Waals surface area contributed by atoms with Gasteiger partial charge in [-0.15, -0.1) is 11.3 Å². The van der Waals surface area contributed by atoms with Crippen molar-refractivity contribution in [2.45, 2.75) is 32.1 Å². The van der Waals surface area contributed by atoms with E-state index < -0.39 is 5.97 Å². The molecule has 1 amide bonds. The van der Waals surface area contributed by atoms with Gasteiger partial charge in [0.2, 0.25) is 5.91 Å². The Labute approximate surface area is 121 Å². The van der Waals surface area contributed by atoms with E-state index in [1.165, 1.54) is 30.6 Å². The van der Waals surface area contributed by atoms with Gasteiger partial charge in [-0.2, -0.15) is 0 Å². The van der Waals surface area contributed by atoms with E-state index in [-0.39, 0.29) is 16.9 Å². The van der Waals surface area contributed by atoms with Crippen LogP contribution in [-0.4, -0.2) is 17.0 Å². The van der Waals surface area contributed by atoms with Crippen molar-refractivity contribution in [2.75, 3.05) is 5.32 Å². The molecule has 4 saturated carbocycles. The van der Waals surface area contributed by atoms with Crippen LogP contribution >= 0.6 is 11.3 Å². The second-order valence-corrected chi connectivity index (χ2v) is 7.54. The standard InChI is InChI=1S/C15H17NO3S/c17-13(18)11-1-2-20-12(11)16-14(19)15-6-8-3-9(7-15)5-10(15)4-8/h1-2,8-10H,3-7H2,(H,16,19)(H,17,18). The maximum absolute atomic E-state index is 12.8. The molecule has 4 aliphatic rings. The van der Waals surface area contributed by atoms with Crippen LogP contribution in [0, 0.1) is 23.2 Å². The number of carboxylic acids is 1. The Hall–Kier alpha value is -1.36. The van der Waals surface area contributed by atoms with Crippen LogP contribution in [0.1, 0.15) is 42.5 Å². The first kappa shape index (κ1) is 12.4. The van der Waals surface area contributed by atoms with E-state index in [1.807, 2.05) is 0 Å². The van der Waals surface area contributed by atoms with Gasteiger partial charge in [0.1, 0.15) is 5.00 Å². The fourth-order valence-electron chi connectivity index (χ4n) is 4.97. The van der Waals surface area contributed by atoms with E-state index in [0.717, 1.165) is 24.7 Å².